The van der Waals surface area contributed by atoms with E-state index in [0.29, 0.717) is 5.82 Å². The lowest BCUT2D eigenvalue weighted by atomic mass is 9.87. The van der Waals surface area contributed by atoms with Gasteiger partial charge in [-0.25, -0.2) is 23.1 Å². The number of anilines is 1. The van der Waals surface area contributed by atoms with Crippen LogP contribution in [0.2, 0.25) is 0 Å². The highest BCUT2D eigenvalue weighted by molar-refractivity contribution is 7.88. The highest BCUT2D eigenvalue weighted by Gasteiger charge is 2.32. The Morgan fingerprint density at radius 1 is 1.16 bits per heavy atom. The Morgan fingerprint density at radius 2 is 2.00 bits per heavy atom. The summed E-state index contributed by atoms with van der Waals surface area (Å²) in [6.07, 6.45) is 9.31. The number of fused-ring (bicyclic) bond motifs is 1. The van der Waals surface area contributed by atoms with Crippen LogP contribution in [0.25, 0.3) is 11.4 Å². The Bertz CT molecular complexity index is 879. The number of hydrogen-bond donors (Lipinski definition) is 2. The third-order valence-electron chi connectivity index (χ3n) is 4.71. The fraction of sp³-hybridized carbons (Fsp3) is 0.471. The summed E-state index contributed by atoms with van der Waals surface area (Å²) in [5, 5.41) is 3.50. The third kappa shape index (κ3) is 3.64. The van der Waals surface area contributed by atoms with Gasteiger partial charge in [-0.2, -0.15) is 0 Å². The van der Waals surface area contributed by atoms with Gasteiger partial charge in [-0.3, -0.25) is 4.98 Å². The molecule has 0 radical (unpaired) electrons. The molecule has 2 aliphatic carbocycles. The molecular weight excluding hydrogens is 338 g/mol. The minimum atomic E-state index is -3.14. The SMILES string of the molecule is CS(=O)(=O)NC1CC(Nc2nc(-c3cccnc3)nc3c2CCC3)C1. The molecule has 2 aromatic rings. The van der Waals surface area contributed by atoms with Crippen LogP contribution < -0.4 is 10.0 Å². The Balaban J connectivity index is 1.53. The Morgan fingerprint density at radius 3 is 2.72 bits per heavy atom. The summed E-state index contributed by atoms with van der Waals surface area (Å²) in [5.74, 6) is 1.59. The number of rotatable bonds is 5. The zero-order valence-corrected chi connectivity index (χ0v) is 14.9. The minimum Gasteiger partial charge on any atom is -0.367 e. The maximum Gasteiger partial charge on any atom is 0.208 e. The molecule has 0 amide bonds. The van der Waals surface area contributed by atoms with Crippen molar-refractivity contribution in [3.05, 3.63) is 35.8 Å². The first-order valence-electron chi connectivity index (χ1n) is 8.52. The largest absolute Gasteiger partial charge is 0.367 e. The van der Waals surface area contributed by atoms with E-state index in [-0.39, 0.29) is 12.1 Å². The maximum atomic E-state index is 11.3. The van der Waals surface area contributed by atoms with Crippen molar-refractivity contribution >= 4 is 15.8 Å². The van der Waals surface area contributed by atoms with Gasteiger partial charge < -0.3 is 5.32 Å². The van der Waals surface area contributed by atoms with E-state index in [2.05, 4.69) is 15.0 Å². The van der Waals surface area contributed by atoms with Crippen molar-refractivity contribution in [3.8, 4) is 11.4 Å². The normalized spacial score (nSPS) is 22.3. The lowest BCUT2D eigenvalue weighted by Gasteiger charge is -2.36. The molecule has 4 rings (SSSR count). The number of aromatic nitrogens is 3. The van der Waals surface area contributed by atoms with Gasteiger partial charge in [0, 0.05) is 41.3 Å². The number of hydrogen-bond acceptors (Lipinski definition) is 6. The highest BCUT2D eigenvalue weighted by Crippen LogP contribution is 2.32. The molecule has 2 heterocycles. The van der Waals surface area contributed by atoms with Crippen LogP contribution in [-0.4, -0.2) is 41.7 Å². The molecule has 0 aromatic carbocycles. The molecular formula is C17H21N5O2S. The predicted octanol–water partition coefficient (Wildman–Crippen LogP) is 1.52. The van der Waals surface area contributed by atoms with Crippen molar-refractivity contribution in [3.63, 3.8) is 0 Å². The van der Waals surface area contributed by atoms with E-state index >= 15 is 0 Å². The molecule has 0 bridgehead atoms. The second-order valence-electron chi connectivity index (χ2n) is 6.82. The van der Waals surface area contributed by atoms with E-state index in [0.717, 1.165) is 49.2 Å². The fourth-order valence-electron chi connectivity index (χ4n) is 3.50. The van der Waals surface area contributed by atoms with Gasteiger partial charge in [-0.15, -0.1) is 0 Å². The molecule has 25 heavy (non-hydrogen) atoms. The summed E-state index contributed by atoms with van der Waals surface area (Å²) < 4.78 is 25.2. The molecule has 0 aliphatic heterocycles. The second kappa shape index (κ2) is 6.34. The Kier molecular flexibility index (Phi) is 4.16. The average molecular weight is 359 g/mol. The maximum absolute atomic E-state index is 11.3. The molecule has 1 fully saturated rings. The van der Waals surface area contributed by atoms with Crippen LogP contribution in [0.5, 0.6) is 0 Å². The third-order valence-corrected chi connectivity index (χ3v) is 5.47. The van der Waals surface area contributed by atoms with E-state index in [9.17, 15) is 8.42 Å². The number of aryl methyl sites for hydroxylation is 1. The summed E-state index contributed by atoms with van der Waals surface area (Å²) in [4.78, 5) is 13.6. The molecule has 2 N–H and O–H groups in total. The van der Waals surface area contributed by atoms with Gasteiger partial charge in [-0.1, -0.05) is 0 Å². The Hall–Kier alpha value is -2.06. The lowest BCUT2D eigenvalue weighted by Crippen LogP contribution is -2.49. The molecule has 132 valence electrons. The minimum absolute atomic E-state index is 0.0141. The molecule has 0 unspecified atom stereocenters. The zero-order chi connectivity index (χ0) is 17.4. The molecule has 1 saturated carbocycles. The Labute approximate surface area is 147 Å². The monoisotopic (exact) mass is 359 g/mol. The van der Waals surface area contributed by atoms with Crippen molar-refractivity contribution in [2.75, 3.05) is 11.6 Å². The first-order chi connectivity index (χ1) is 12.0. The van der Waals surface area contributed by atoms with Crippen LogP contribution in [0.4, 0.5) is 5.82 Å². The summed E-state index contributed by atoms with van der Waals surface area (Å²) in [7, 11) is -3.14. The van der Waals surface area contributed by atoms with E-state index in [1.807, 2.05) is 12.1 Å². The van der Waals surface area contributed by atoms with Crippen LogP contribution in [0.1, 0.15) is 30.5 Å². The van der Waals surface area contributed by atoms with E-state index < -0.39 is 10.0 Å². The number of nitrogens with one attached hydrogen (secondary N) is 2. The summed E-state index contributed by atoms with van der Waals surface area (Å²) in [6, 6.07) is 4.09. The van der Waals surface area contributed by atoms with Crippen LogP contribution in [-0.2, 0) is 22.9 Å². The number of pyridine rings is 1. The van der Waals surface area contributed by atoms with Gasteiger partial charge in [0.1, 0.15) is 5.82 Å². The summed E-state index contributed by atoms with van der Waals surface area (Å²) >= 11 is 0. The van der Waals surface area contributed by atoms with Crippen molar-refractivity contribution in [1.29, 1.82) is 0 Å². The standard InChI is InChI=1S/C17H21N5O2S/c1-25(23,24)22-13-8-12(9-13)19-17-14-5-2-6-15(14)20-16(21-17)11-4-3-7-18-10-11/h3-4,7,10,12-13,22H,2,5-6,8-9H2,1H3,(H,19,20,21). The predicted molar refractivity (Wildman–Crippen MR) is 95.7 cm³/mol. The molecule has 2 aromatic heterocycles. The van der Waals surface area contributed by atoms with Gasteiger partial charge in [0.25, 0.3) is 0 Å². The quantitative estimate of drug-likeness (QED) is 0.840. The number of sulfonamides is 1. The molecule has 8 heteroatoms. The topological polar surface area (TPSA) is 96.9 Å². The van der Waals surface area contributed by atoms with Crippen molar-refractivity contribution in [2.45, 2.75) is 44.2 Å². The summed E-state index contributed by atoms with van der Waals surface area (Å²) in [6.45, 7) is 0. The van der Waals surface area contributed by atoms with E-state index in [1.165, 1.54) is 11.8 Å². The highest BCUT2D eigenvalue weighted by atomic mass is 32.2. The van der Waals surface area contributed by atoms with Crippen molar-refractivity contribution in [2.24, 2.45) is 0 Å². The molecule has 0 atom stereocenters. The average Bonchev–Trinajstić information content (AvgIpc) is 3.01. The first-order valence-corrected chi connectivity index (χ1v) is 10.4. The van der Waals surface area contributed by atoms with Crippen molar-refractivity contribution < 1.29 is 8.42 Å². The smallest absolute Gasteiger partial charge is 0.208 e. The molecule has 2 aliphatic rings. The molecule has 7 nitrogen and oxygen atoms in total. The van der Waals surface area contributed by atoms with Crippen LogP contribution in [0, 0.1) is 0 Å². The molecule has 0 spiro atoms. The van der Waals surface area contributed by atoms with Gasteiger partial charge in [0.15, 0.2) is 5.82 Å². The summed E-state index contributed by atoms with van der Waals surface area (Å²) in [5.41, 5.74) is 3.22. The second-order valence-corrected chi connectivity index (χ2v) is 8.60. The van der Waals surface area contributed by atoms with Gasteiger partial charge >= 0.3 is 0 Å². The van der Waals surface area contributed by atoms with Gasteiger partial charge in [-0.05, 0) is 44.2 Å². The van der Waals surface area contributed by atoms with Gasteiger partial charge in [0.2, 0.25) is 10.0 Å². The van der Waals surface area contributed by atoms with E-state index in [4.69, 9.17) is 9.97 Å². The van der Waals surface area contributed by atoms with Gasteiger partial charge in [0.05, 0.1) is 6.26 Å². The van der Waals surface area contributed by atoms with E-state index in [1.54, 1.807) is 12.4 Å². The molecule has 0 saturated heterocycles. The number of nitrogens with zero attached hydrogens (tertiary/aromatic N) is 3. The lowest BCUT2D eigenvalue weighted by molar-refractivity contribution is 0.346. The van der Waals surface area contributed by atoms with Crippen LogP contribution in [0.15, 0.2) is 24.5 Å². The van der Waals surface area contributed by atoms with Crippen LogP contribution in [0.3, 0.4) is 0 Å². The fourth-order valence-corrected chi connectivity index (χ4v) is 4.30. The zero-order valence-electron chi connectivity index (χ0n) is 14.1. The van der Waals surface area contributed by atoms with Crippen LogP contribution >= 0.6 is 0 Å². The van der Waals surface area contributed by atoms with Crippen molar-refractivity contribution in [1.82, 2.24) is 19.7 Å². The first kappa shape index (κ1) is 16.4.